The molecule has 0 radical (unpaired) electrons. The summed E-state index contributed by atoms with van der Waals surface area (Å²) in [7, 11) is 0. The van der Waals surface area contributed by atoms with Crippen molar-refractivity contribution in [2.75, 3.05) is 5.75 Å². The number of hydrogen-bond acceptors (Lipinski definition) is 5. The highest BCUT2D eigenvalue weighted by molar-refractivity contribution is 7.99. The highest BCUT2D eigenvalue weighted by Gasteiger charge is 2.13. The quantitative estimate of drug-likeness (QED) is 0.795. The lowest BCUT2D eigenvalue weighted by Crippen LogP contribution is -2.31. The first-order chi connectivity index (χ1) is 10.5. The Hall–Kier alpha value is -1.82. The third kappa shape index (κ3) is 5.18. The molecule has 1 aromatic carbocycles. The lowest BCUT2D eigenvalue weighted by Gasteiger charge is -2.08. The maximum absolute atomic E-state index is 11.6. The Morgan fingerprint density at radius 1 is 1.23 bits per heavy atom. The summed E-state index contributed by atoms with van der Waals surface area (Å²) in [5, 5.41) is 11.3. The van der Waals surface area contributed by atoms with Gasteiger partial charge in [-0.1, -0.05) is 49.0 Å². The molecule has 118 valence electrons. The number of benzene rings is 1. The van der Waals surface area contributed by atoms with E-state index in [9.17, 15) is 4.79 Å². The van der Waals surface area contributed by atoms with Crippen LogP contribution in [0.1, 0.15) is 38.1 Å². The van der Waals surface area contributed by atoms with Gasteiger partial charge in [0.25, 0.3) is 5.22 Å². The summed E-state index contributed by atoms with van der Waals surface area (Å²) in [4.78, 5) is 11.6. The lowest BCUT2D eigenvalue weighted by atomic mass is 9.98. The maximum Gasteiger partial charge on any atom is 0.277 e. The number of hydrogen-bond donors (Lipinski definition) is 1. The third-order valence-corrected chi connectivity index (χ3v) is 3.89. The second-order valence-electron chi connectivity index (χ2n) is 5.49. The van der Waals surface area contributed by atoms with Gasteiger partial charge in [0, 0.05) is 12.5 Å². The number of amides is 1. The molecule has 1 amide bonds. The minimum absolute atomic E-state index is 0.0302. The first kappa shape index (κ1) is 16.5. The highest BCUT2D eigenvalue weighted by atomic mass is 32.2. The Labute approximate surface area is 134 Å². The Kier molecular flexibility index (Phi) is 6.00. The van der Waals surface area contributed by atoms with Gasteiger partial charge in [-0.05, 0) is 25.3 Å². The Balaban J connectivity index is 1.85. The van der Waals surface area contributed by atoms with Crippen molar-refractivity contribution >= 4 is 17.7 Å². The van der Waals surface area contributed by atoms with Crippen LogP contribution in [0.15, 0.2) is 40.0 Å². The molecule has 0 aliphatic heterocycles. The van der Waals surface area contributed by atoms with Crippen LogP contribution in [0.5, 0.6) is 0 Å². The third-order valence-electron chi connectivity index (χ3n) is 3.07. The van der Waals surface area contributed by atoms with Crippen molar-refractivity contribution in [1.82, 2.24) is 15.5 Å². The van der Waals surface area contributed by atoms with Crippen LogP contribution in [0.3, 0.4) is 0 Å². The Morgan fingerprint density at radius 3 is 2.64 bits per heavy atom. The van der Waals surface area contributed by atoms with E-state index in [0.717, 1.165) is 0 Å². The van der Waals surface area contributed by atoms with Crippen molar-refractivity contribution in [1.29, 1.82) is 0 Å². The van der Waals surface area contributed by atoms with Gasteiger partial charge < -0.3 is 9.73 Å². The van der Waals surface area contributed by atoms with E-state index in [4.69, 9.17) is 4.42 Å². The van der Waals surface area contributed by atoms with Gasteiger partial charge in [-0.2, -0.15) is 0 Å². The van der Waals surface area contributed by atoms with E-state index in [1.165, 1.54) is 17.3 Å². The average Bonchev–Trinajstić information content (AvgIpc) is 2.93. The van der Waals surface area contributed by atoms with Crippen LogP contribution < -0.4 is 5.32 Å². The van der Waals surface area contributed by atoms with Crippen LogP contribution in [0.2, 0.25) is 0 Å². The monoisotopic (exact) mass is 319 g/mol. The Bertz CT molecular complexity index is 598. The van der Waals surface area contributed by atoms with Crippen LogP contribution in [-0.4, -0.2) is 27.9 Å². The zero-order valence-corrected chi connectivity index (χ0v) is 13.9. The smallest absolute Gasteiger partial charge is 0.277 e. The van der Waals surface area contributed by atoms with E-state index in [2.05, 4.69) is 34.6 Å². The molecule has 2 rings (SSSR count). The number of nitrogens with one attached hydrogen (secondary N) is 1. The van der Waals surface area contributed by atoms with E-state index >= 15 is 0 Å². The predicted molar refractivity (Wildman–Crippen MR) is 86.9 cm³/mol. The average molecular weight is 319 g/mol. The van der Waals surface area contributed by atoms with E-state index in [1.54, 1.807) is 0 Å². The van der Waals surface area contributed by atoms with Gasteiger partial charge in [0.1, 0.15) is 0 Å². The molecule has 22 heavy (non-hydrogen) atoms. The summed E-state index contributed by atoms with van der Waals surface area (Å²) in [6.07, 6.45) is 0.690. The summed E-state index contributed by atoms with van der Waals surface area (Å²) >= 11 is 1.26. The van der Waals surface area contributed by atoms with Gasteiger partial charge >= 0.3 is 0 Å². The molecule has 0 fully saturated rings. The molecule has 1 atom stereocenters. The first-order valence-corrected chi connectivity index (χ1v) is 8.32. The molecule has 1 heterocycles. The minimum atomic E-state index is -0.0302. The van der Waals surface area contributed by atoms with Crippen LogP contribution >= 0.6 is 11.8 Å². The van der Waals surface area contributed by atoms with Crippen molar-refractivity contribution < 1.29 is 9.21 Å². The first-order valence-electron chi connectivity index (χ1n) is 7.34. The van der Waals surface area contributed by atoms with Crippen molar-refractivity contribution in [3.8, 4) is 0 Å². The van der Waals surface area contributed by atoms with Crippen LogP contribution in [-0.2, 0) is 11.2 Å². The maximum atomic E-state index is 11.6. The van der Waals surface area contributed by atoms with Crippen LogP contribution in [0, 0.1) is 0 Å². The molecular formula is C16H21N3O2S. The number of nitrogens with zero attached hydrogens (tertiary/aromatic N) is 2. The van der Waals surface area contributed by atoms with Gasteiger partial charge in [-0.3, -0.25) is 4.79 Å². The SMILES string of the molecule is CC(C)NC(=O)CSc1nnc(CC(C)c2ccccc2)o1. The van der Waals surface area contributed by atoms with Gasteiger partial charge in [0.05, 0.1) is 5.75 Å². The molecule has 0 spiro atoms. The van der Waals surface area contributed by atoms with Crippen LogP contribution in [0.4, 0.5) is 0 Å². The van der Waals surface area contributed by atoms with E-state index in [1.807, 2.05) is 32.0 Å². The second kappa shape index (κ2) is 7.98. The summed E-state index contributed by atoms with van der Waals surface area (Å²) in [5.41, 5.74) is 1.24. The highest BCUT2D eigenvalue weighted by Crippen LogP contribution is 2.22. The molecule has 1 unspecified atom stereocenters. The molecule has 5 nitrogen and oxygen atoms in total. The molecule has 0 saturated carbocycles. The molecule has 1 aromatic heterocycles. The summed E-state index contributed by atoms with van der Waals surface area (Å²) in [6.45, 7) is 5.99. The Morgan fingerprint density at radius 2 is 1.95 bits per heavy atom. The normalized spacial score (nSPS) is 12.4. The van der Waals surface area contributed by atoms with Crippen molar-refractivity contribution in [2.45, 2.75) is 44.4 Å². The summed E-state index contributed by atoms with van der Waals surface area (Å²) < 4.78 is 5.59. The number of aromatic nitrogens is 2. The second-order valence-corrected chi connectivity index (χ2v) is 6.42. The van der Waals surface area contributed by atoms with Gasteiger partial charge in [-0.15, -0.1) is 10.2 Å². The molecule has 0 aliphatic carbocycles. The number of thioether (sulfide) groups is 1. The predicted octanol–water partition coefficient (Wildman–Crippen LogP) is 3.03. The van der Waals surface area contributed by atoms with E-state index < -0.39 is 0 Å². The molecular weight excluding hydrogens is 298 g/mol. The fourth-order valence-corrected chi connectivity index (χ4v) is 2.62. The largest absolute Gasteiger partial charge is 0.416 e. The molecule has 0 aliphatic rings. The summed E-state index contributed by atoms with van der Waals surface area (Å²) in [6, 6.07) is 10.4. The molecule has 6 heteroatoms. The molecule has 0 bridgehead atoms. The zero-order chi connectivity index (χ0) is 15.9. The minimum Gasteiger partial charge on any atom is -0.416 e. The summed E-state index contributed by atoms with van der Waals surface area (Å²) in [5.74, 6) is 1.16. The van der Waals surface area contributed by atoms with E-state index in [-0.39, 0.29) is 17.7 Å². The van der Waals surface area contributed by atoms with Gasteiger partial charge in [0.2, 0.25) is 11.8 Å². The molecule has 1 N–H and O–H groups in total. The van der Waals surface area contributed by atoms with E-state index in [0.29, 0.717) is 23.5 Å². The topological polar surface area (TPSA) is 68.0 Å². The lowest BCUT2D eigenvalue weighted by molar-refractivity contribution is -0.119. The number of carbonyl (C=O) groups is 1. The van der Waals surface area contributed by atoms with Crippen molar-refractivity contribution in [3.63, 3.8) is 0 Å². The standard InChI is InChI=1S/C16H21N3O2S/c1-11(2)17-14(20)10-22-16-19-18-15(21-16)9-12(3)13-7-5-4-6-8-13/h4-8,11-12H,9-10H2,1-3H3,(H,17,20). The molecule has 0 saturated heterocycles. The fraction of sp³-hybridized carbons (Fsp3) is 0.438. The number of rotatable bonds is 7. The zero-order valence-electron chi connectivity index (χ0n) is 13.1. The van der Waals surface area contributed by atoms with Gasteiger partial charge in [0.15, 0.2) is 0 Å². The van der Waals surface area contributed by atoms with Gasteiger partial charge in [-0.25, -0.2) is 0 Å². The van der Waals surface area contributed by atoms with Crippen molar-refractivity contribution in [3.05, 3.63) is 41.8 Å². The fourth-order valence-electron chi connectivity index (χ4n) is 2.03. The van der Waals surface area contributed by atoms with Crippen molar-refractivity contribution in [2.24, 2.45) is 0 Å². The van der Waals surface area contributed by atoms with Crippen LogP contribution in [0.25, 0.3) is 0 Å². The number of carbonyl (C=O) groups excluding carboxylic acids is 1. The molecule has 2 aromatic rings.